The summed E-state index contributed by atoms with van der Waals surface area (Å²) in [6.07, 6.45) is 0.726. The Labute approximate surface area is 152 Å². The van der Waals surface area contributed by atoms with E-state index in [9.17, 15) is 9.59 Å². The maximum atomic E-state index is 12.2. The highest BCUT2D eigenvalue weighted by Gasteiger charge is 2.19. The first kappa shape index (κ1) is 17.7. The molecule has 134 valence electrons. The lowest BCUT2D eigenvalue weighted by Crippen LogP contribution is -2.30. The van der Waals surface area contributed by atoms with Crippen molar-refractivity contribution in [2.75, 3.05) is 5.32 Å². The summed E-state index contributed by atoms with van der Waals surface area (Å²) in [6.45, 7) is 5.47. The Balaban J connectivity index is 1.60. The fraction of sp³-hybridized carbons (Fsp3) is 0.238. The Morgan fingerprint density at radius 3 is 2.65 bits per heavy atom. The zero-order chi connectivity index (χ0) is 18.7. The van der Waals surface area contributed by atoms with Gasteiger partial charge in [0.1, 0.15) is 5.58 Å². The molecule has 3 rings (SSSR count). The Hall–Kier alpha value is -3.08. The van der Waals surface area contributed by atoms with Crippen molar-refractivity contribution in [1.29, 1.82) is 0 Å². The molecule has 1 amide bonds. The number of anilines is 1. The van der Waals surface area contributed by atoms with Gasteiger partial charge in [-0.05, 0) is 50.1 Å². The van der Waals surface area contributed by atoms with Crippen LogP contribution in [0.2, 0.25) is 0 Å². The molecule has 0 aliphatic heterocycles. The van der Waals surface area contributed by atoms with Gasteiger partial charge in [-0.25, -0.2) is 0 Å². The van der Waals surface area contributed by atoms with Gasteiger partial charge in [-0.2, -0.15) is 0 Å². The number of aryl methyl sites for hydroxylation is 2. The highest BCUT2D eigenvalue weighted by atomic mass is 16.5. The Bertz CT molecular complexity index is 958. The van der Waals surface area contributed by atoms with E-state index in [2.05, 4.69) is 5.32 Å². The molecule has 0 saturated carbocycles. The molecule has 3 aromatic rings. The van der Waals surface area contributed by atoms with Crippen molar-refractivity contribution in [3.8, 4) is 0 Å². The average molecular weight is 351 g/mol. The molecule has 0 aliphatic carbocycles. The van der Waals surface area contributed by atoms with Crippen LogP contribution in [-0.4, -0.2) is 18.0 Å². The highest BCUT2D eigenvalue weighted by Crippen LogP contribution is 2.23. The number of fused-ring (bicyclic) bond motifs is 1. The van der Waals surface area contributed by atoms with E-state index >= 15 is 0 Å². The lowest BCUT2D eigenvalue weighted by molar-refractivity contribution is -0.152. The van der Waals surface area contributed by atoms with E-state index in [0.717, 1.165) is 27.7 Å². The second kappa shape index (κ2) is 7.44. The monoisotopic (exact) mass is 351 g/mol. The third kappa shape index (κ3) is 4.11. The second-order valence-corrected chi connectivity index (χ2v) is 6.43. The summed E-state index contributed by atoms with van der Waals surface area (Å²) < 4.78 is 10.8. The number of hydrogen-bond acceptors (Lipinski definition) is 4. The quantitative estimate of drug-likeness (QED) is 0.701. The molecule has 2 aromatic carbocycles. The van der Waals surface area contributed by atoms with Gasteiger partial charge >= 0.3 is 5.97 Å². The minimum atomic E-state index is -0.886. The maximum absolute atomic E-state index is 12.2. The zero-order valence-electron chi connectivity index (χ0n) is 15.0. The highest BCUT2D eigenvalue weighted by molar-refractivity contribution is 5.95. The number of ether oxygens (including phenoxy) is 1. The summed E-state index contributed by atoms with van der Waals surface area (Å²) in [5.41, 5.74) is 4.28. The SMILES string of the molecule is Cc1cccc(NC(=O)[C@@H](C)OC(=O)Cc2coc3cc(C)ccc23)c1. The second-order valence-electron chi connectivity index (χ2n) is 6.43. The minimum Gasteiger partial charge on any atom is -0.464 e. The van der Waals surface area contributed by atoms with Gasteiger partial charge in [0.2, 0.25) is 0 Å². The van der Waals surface area contributed by atoms with Crippen molar-refractivity contribution in [3.05, 3.63) is 65.4 Å². The molecular weight excluding hydrogens is 330 g/mol. The summed E-state index contributed by atoms with van der Waals surface area (Å²) >= 11 is 0. The molecular formula is C21H21NO4. The summed E-state index contributed by atoms with van der Waals surface area (Å²) in [7, 11) is 0. The predicted molar refractivity (Wildman–Crippen MR) is 100 cm³/mol. The Morgan fingerprint density at radius 1 is 1.12 bits per heavy atom. The van der Waals surface area contributed by atoms with Crippen molar-refractivity contribution in [1.82, 2.24) is 0 Å². The van der Waals surface area contributed by atoms with Gasteiger partial charge < -0.3 is 14.5 Å². The van der Waals surface area contributed by atoms with Gasteiger partial charge in [-0.1, -0.05) is 24.3 Å². The summed E-state index contributed by atoms with van der Waals surface area (Å²) in [5, 5.41) is 3.63. The first-order valence-corrected chi connectivity index (χ1v) is 8.46. The molecule has 5 nitrogen and oxygen atoms in total. The molecule has 1 heterocycles. The van der Waals surface area contributed by atoms with E-state index in [-0.39, 0.29) is 12.3 Å². The van der Waals surface area contributed by atoms with Crippen LogP contribution in [0.5, 0.6) is 0 Å². The van der Waals surface area contributed by atoms with Crippen molar-refractivity contribution in [2.24, 2.45) is 0 Å². The molecule has 0 spiro atoms. The van der Waals surface area contributed by atoms with Crippen molar-refractivity contribution in [3.63, 3.8) is 0 Å². The molecule has 26 heavy (non-hydrogen) atoms. The van der Waals surface area contributed by atoms with Crippen molar-refractivity contribution in [2.45, 2.75) is 33.3 Å². The largest absolute Gasteiger partial charge is 0.464 e. The van der Waals surface area contributed by atoms with Gasteiger partial charge in [-0.3, -0.25) is 9.59 Å². The number of hydrogen-bond donors (Lipinski definition) is 1. The van der Waals surface area contributed by atoms with Crippen LogP contribution in [0.25, 0.3) is 11.0 Å². The van der Waals surface area contributed by atoms with Crippen LogP contribution in [0.3, 0.4) is 0 Å². The molecule has 0 bridgehead atoms. The number of carbonyl (C=O) groups excluding carboxylic acids is 2. The number of amides is 1. The number of nitrogens with one attached hydrogen (secondary N) is 1. The molecule has 0 aliphatic rings. The fourth-order valence-electron chi connectivity index (χ4n) is 2.74. The minimum absolute atomic E-state index is 0.0537. The number of rotatable bonds is 5. The maximum Gasteiger partial charge on any atom is 0.311 e. The molecule has 1 aromatic heterocycles. The molecule has 0 unspecified atom stereocenters. The standard InChI is InChI=1S/C21H21NO4/c1-13-5-4-6-17(9-13)22-21(24)15(3)26-20(23)11-16-12-25-19-10-14(2)7-8-18(16)19/h4-10,12,15H,11H2,1-3H3,(H,22,24)/t15-/m1/s1. The van der Waals surface area contributed by atoms with Crippen LogP contribution in [-0.2, 0) is 20.7 Å². The normalized spacial score (nSPS) is 12.0. The van der Waals surface area contributed by atoms with Gasteiger partial charge in [-0.15, -0.1) is 0 Å². The van der Waals surface area contributed by atoms with Gasteiger partial charge in [0.15, 0.2) is 6.10 Å². The molecule has 1 N–H and O–H groups in total. The number of benzene rings is 2. The summed E-state index contributed by atoms with van der Waals surface area (Å²) in [4.78, 5) is 24.4. The van der Waals surface area contributed by atoms with E-state index in [1.807, 2.05) is 50.2 Å². The smallest absolute Gasteiger partial charge is 0.311 e. The van der Waals surface area contributed by atoms with E-state index in [0.29, 0.717) is 5.69 Å². The first-order chi connectivity index (χ1) is 12.4. The van der Waals surface area contributed by atoms with Gasteiger partial charge in [0.05, 0.1) is 12.7 Å². The molecule has 0 saturated heterocycles. The van der Waals surface area contributed by atoms with Crippen LogP contribution in [0.4, 0.5) is 5.69 Å². The first-order valence-electron chi connectivity index (χ1n) is 8.46. The van der Waals surface area contributed by atoms with Gasteiger partial charge in [0.25, 0.3) is 5.91 Å². The molecule has 0 fully saturated rings. The Kier molecular flexibility index (Phi) is 5.07. The lowest BCUT2D eigenvalue weighted by Gasteiger charge is -2.13. The van der Waals surface area contributed by atoms with Gasteiger partial charge in [0, 0.05) is 16.6 Å². The predicted octanol–water partition coefficient (Wildman–Crippen LogP) is 4.16. The molecule has 0 radical (unpaired) electrons. The average Bonchev–Trinajstić information content (AvgIpc) is 2.96. The van der Waals surface area contributed by atoms with E-state index in [4.69, 9.17) is 9.15 Å². The van der Waals surface area contributed by atoms with E-state index in [1.54, 1.807) is 19.3 Å². The van der Waals surface area contributed by atoms with Crippen molar-refractivity contribution < 1.29 is 18.7 Å². The zero-order valence-corrected chi connectivity index (χ0v) is 15.0. The van der Waals surface area contributed by atoms with Crippen LogP contribution in [0, 0.1) is 13.8 Å². The Morgan fingerprint density at radius 2 is 1.88 bits per heavy atom. The third-order valence-corrected chi connectivity index (χ3v) is 4.11. The lowest BCUT2D eigenvalue weighted by atomic mass is 10.1. The van der Waals surface area contributed by atoms with Crippen LogP contribution >= 0.6 is 0 Å². The number of furan rings is 1. The fourth-order valence-corrected chi connectivity index (χ4v) is 2.74. The molecule has 1 atom stereocenters. The number of carbonyl (C=O) groups is 2. The third-order valence-electron chi connectivity index (χ3n) is 4.11. The summed E-state index contributed by atoms with van der Waals surface area (Å²) in [5.74, 6) is -0.836. The van der Waals surface area contributed by atoms with E-state index < -0.39 is 12.1 Å². The van der Waals surface area contributed by atoms with Crippen LogP contribution in [0.1, 0.15) is 23.6 Å². The number of esters is 1. The van der Waals surface area contributed by atoms with Crippen molar-refractivity contribution >= 4 is 28.5 Å². The summed E-state index contributed by atoms with van der Waals surface area (Å²) in [6, 6.07) is 13.2. The van der Waals surface area contributed by atoms with Crippen LogP contribution < -0.4 is 5.32 Å². The van der Waals surface area contributed by atoms with E-state index in [1.165, 1.54) is 0 Å². The molecule has 5 heteroatoms. The topological polar surface area (TPSA) is 68.5 Å². The van der Waals surface area contributed by atoms with Crippen LogP contribution in [0.15, 0.2) is 53.1 Å².